The molecule has 4 aromatic rings. The topological polar surface area (TPSA) is 38.9 Å². The third-order valence-corrected chi connectivity index (χ3v) is 8.39. The summed E-state index contributed by atoms with van der Waals surface area (Å²) in [4.78, 5) is 8.98. The molecule has 182 valence electrons. The maximum absolute atomic E-state index is 9.54. The van der Waals surface area contributed by atoms with Crippen molar-refractivity contribution in [3.8, 4) is 11.3 Å². The van der Waals surface area contributed by atoms with E-state index in [1.807, 2.05) is 30.5 Å². The molecule has 0 saturated heterocycles. The molecule has 2 fully saturated rings. The summed E-state index contributed by atoms with van der Waals surface area (Å²) < 4.78 is 38.8. The highest BCUT2D eigenvalue weighted by Gasteiger charge is 2.48. The number of aryl methyl sites for hydroxylation is 1. The van der Waals surface area contributed by atoms with Crippen LogP contribution >= 0.6 is 0 Å². The first-order valence-corrected chi connectivity index (χ1v) is 13.0. The van der Waals surface area contributed by atoms with Crippen molar-refractivity contribution in [2.24, 2.45) is 16.2 Å². The van der Waals surface area contributed by atoms with E-state index in [1.165, 1.54) is 19.3 Å². The molecule has 3 heterocycles. The predicted octanol–water partition coefficient (Wildman–Crippen LogP) is 9.23. The lowest BCUT2D eigenvalue weighted by molar-refractivity contribution is -0.0281. The molecule has 1 spiro atoms. The van der Waals surface area contributed by atoms with Crippen LogP contribution in [0.2, 0.25) is 0 Å². The van der Waals surface area contributed by atoms with Crippen LogP contribution in [0.15, 0.2) is 53.1 Å². The fourth-order valence-electron chi connectivity index (χ4n) is 7.92. The molecule has 1 aromatic carbocycles. The number of aromatic nitrogens is 2. The molecular formula is C32H38N2O. The van der Waals surface area contributed by atoms with Crippen molar-refractivity contribution in [3.05, 3.63) is 59.9 Å². The summed E-state index contributed by atoms with van der Waals surface area (Å²) in [6.07, 6.45) is 9.50. The lowest BCUT2D eigenvalue weighted by Gasteiger charge is -2.54. The van der Waals surface area contributed by atoms with Crippen LogP contribution in [0.25, 0.3) is 33.3 Å². The van der Waals surface area contributed by atoms with Crippen molar-refractivity contribution in [2.45, 2.75) is 85.4 Å². The van der Waals surface area contributed by atoms with Crippen molar-refractivity contribution in [1.29, 1.82) is 0 Å². The van der Waals surface area contributed by atoms with E-state index in [0.717, 1.165) is 53.3 Å². The normalized spacial score (nSPS) is 24.6. The summed E-state index contributed by atoms with van der Waals surface area (Å²) in [5.74, 6) is -0.632. The molecule has 0 radical (unpaired) electrons. The average Bonchev–Trinajstić information content (AvgIpc) is 3.22. The van der Waals surface area contributed by atoms with E-state index < -0.39 is 12.7 Å². The van der Waals surface area contributed by atoms with Crippen LogP contribution in [0.5, 0.6) is 0 Å². The quantitative estimate of drug-likeness (QED) is 0.293. The predicted molar refractivity (Wildman–Crippen MR) is 145 cm³/mol. The molecule has 3 nitrogen and oxygen atoms in total. The van der Waals surface area contributed by atoms with Crippen molar-refractivity contribution in [2.75, 3.05) is 0 Å². The maximum Gasteiger partial charge on any atom is 0.227 e. The van der Waals surface area contributed by atoms with Crippen LogP contribution in [-0.4, -0.2) is 9.97 Å². The van der Waals surface area contributed by atoms with Gasteiger partial charge < -0.3 is 4.42 Å². The first-order chi connectivity index (χ1) is 18.2. The Labute approximate surface area is 215 Å². The molecule has 35 heavy (non-hydrogen) atoms. The molecule has 0 atom stereocenters. The average molecular weight is 471 g/mol. The second-order valence-electron chi connectivity index (χ2n) is 12.7. The number of nitrogens with zero attached hydrogens (tertiary/aromatic N) is 2. The van der Waals surface area contributed by atoms with Gasteiger partial charge in [-0.15, -0.1) is 0 Å². The van der Waals surface area contributed by atoms with Gasteiger partial charge in [-0.3, -0.25) is 4.98 Å². The minimum absolute atomic E-state index is 0.0201. The van der Waals surface area contributed by atoms with Crippen molar-refractivity contribution < 1.29 is 9.90 Å². The van der Waals surface area contributed by atoms with Gasteiger partial charge in [-0.05, 0) is 110 Å². The van der Waals surface area contributed by atoms with Gasteiger partial charge in [0.15, 0.2) is 0 Å². The Morgan fingerprint density at radius 2 is 1.71 bits per heavy atom. The number of rotatable bonds is 2. The van der Waals surface area contributed by atoms with Gasteiger partial charge >= 0.3 is 0 Å². The Balaban J connectivity index is 1.33. The number of fused-ring (bicyclic) bond motifs is 3. The number of para-hydroxylation sites is 1. The van der Waals surface area contributed by atoms with Crippen LogP contribution in [0.1, 0.15) is 95.3 Å². The minimum Gasteiger partial charge on any atom is -0.437 e. The van der Waals surface area contributed by atoms with E-state index in [0.29, 0.717) is 27.5 Å². The molecule has 2 saturated carbocycles. The molecule has 2 aliphatic carbocycles. The highest BCUT2D eigenvalue weighted by molar-refractivity contribution is 6.08. The Morgan fingerprint density at radius 3 is 2.46 bits per heavy atom. The molecule has 6 rings (SSSR count). The minimum atomic E-state index is -2.30. The van der Waals surface area contributed by atoms with Gasteiger partial charge in [-0.25, -0.2) is 4.98 Å². The van der Waals surface area contributed by atoms with Gasteiger partial charge in [0.2, 0.25) is 5.71 Å². The summed E-state index contributed by atoms with van der Waals surface area (Å²) in [5.41, 5.74) is 4.60. The zero-order valence-electron chi connectivity index (χ0n) is 25.4. The van der Waals surface area contributed by atoms with E-state index in [2.05, 4.69) is 43.7 Å². The highest BCUT2D eigenvalue weighted by Crippen LogP contribution is 2.60. The number of pyridine rings is 2. The highest BCUT2D eigenvalue weighted by atomic mass is 16.3. The Morgan fingerprint density at radius 1 is 0.943 bits per heavy atom. The Bertz CT molecular complexity index is 1540. The van der Waals surface area contributed by atoms with Crippen LogP contribution in [0, 0.1) is 23.1 Å². The lowest BCUT2D eigenvalue weighted by atomic mass is 9.51. The smallest absolute Gasteiger partial charge is 0.227 e. The summed E-state index contributed by atoms with van der Waals surface area (Å²) in [7, 11) is 0. The van der Waals surface area contributed by atoms with E-state index in [1.54, 1.807) is 12.1 Å². The fraction of sp³-hybridized carbons (Fsp3) is 0.500. The summed E-state index contributed by atoms with van der Waals surface area (Å²) in [6, 6.07) is 13.3. The molecule has 0 aliphatic heterocycles. The van der Waals surface area contributed by atoms with Crippen molar-refractivity contribution in [1.82, 2.24) is 9.97 Å². The lowest BCUT2D eigenvalue weighted by Crippen LogP contribution is -2.43. The van der Waals surface area contributed by atoms with Crippen LogP contribution in [0.3, 0.4) is 0 Å². The van der Waals surface area contributed by atoms with E-state index in [4.69, 9.17) is 8.53 Å². The molecule has 2 aliphatic rings. The first-order valence-electron chi connectivity index (χ1n) is 15.0. The van der Waals surface area contributed by atoms with Gasteiger partial charge in [0, 0.05) is 33.7 Å². The number of hydrogen-bond acceptors (Lipinski definition) is 3. The zero-order valence-corrected chi connectivity index (χ0v) is 21.4. The number of hydrogen-bond donors (Lipinski definition) is 0. The second kappa shape index (κ2) is 7.91. The van der Waals surface area contributed by atoms with Gasteiger partial charge in [-0.2, -0.15) is 0 Å². The summed E-state index contributed by atoms with van der Waals surface area (Å²) in [6.45, 7) is 7.39. The van der Waals surface area contributed by atoms with Crippen LogP contribution < -0.4 is 0 Å². The third kappa shape index (κ3) is 4.17. The standard InChI is InChI=1S/C32H38N2O/c1-21-9-10-25-24-7-6-8-26(28(24)35-29(25)34-21)27-17-23(13-16-33-27)22-11-14-32(15-12-22)19-30(2,3)18-31(4,5)20-32/h6-10,13,16-17,22H,11-12,14-15,18-20H2,1-5H3/i1D3,22D. The number of furan rings is 1. The van der Waals surface area contributed by atoms with Crippen molar-refractivity contribution >= 4 is 22.1 Å². The Kier molecular flexibility index (Phi) is 4.20. The van der Waals surface area contributed by atoms with Crippen molar-refractivity contribution in [3.63, 3.8) is 0 Å². The fourth-order valence-corrected chi connectivity index (χ4v) is 7.92. The SMILES string of the molecule is [2H]C([2H])([2H])c1ccc2c(n1)oc1c(-c3cc(C4([2H])CCC5(CC4)CC(C)(C)CC(C)(C)C5)ccn3)cccc12. The van der Waals surface area contributed by atoms with Gasteiger partial charge in [-0.1, -0.05) is 39.8 Å². The van der Waals surface area contributed by atoms with Gasteiger partial charge in [0.25, 0.3) is 0 Å². The molecular weight excluding hydrogens is 428 g/mol. The molecule has 3 aromatic heterocycles. The molecule has 0 N–H and O–H groups in total. The van der Waals surface area contributed by atoms with Crippen LogP contribution in [-0.2, 0) is 0 Å². The molecule has 0 unspecified atom stereocenters. The van der Waals surface area contributed by atoms with E-state index in [-0.39, 0.29) is 5.69 Å². The third-order valence-electron chi connectivity index (χ3n) is 8.39. The number of benzene rings is 1. The van der Waals surface area contributed by atoms with Gasteiger partial charge in [0.05, 0.1) is 5.69 Å². The molecule has 3 heteroatoms. The largest absolute Gasteiger partial charge is 0.437 e. The van der Waals surface area contributed by atoms with E-state index in [9.17, 15) is 1.37 Å². The van der Waals surface area contributed by atoms with Gasteiger partial charge in [0.1, 0.15) is 5.58 Å². The molecule has 0 amide bonds. The second-order valence-corrected chi connectivity index (χ2v) is 12.7. The zero-order chi connectivity index (χ0) is 27.8. The monoisotopic (exact) mass is 470 g/mol. The molecule has 0 bridgehead atoms. The summed E-state index contributed by atoms with van der Waals surface area (Å²) in [5, 5.41) is 1.66. The van der Waals surface area contributed by atoms with Crippen LogP contribution in [0.4, 0.5) is 0 Å². The Hall–Kier alpha value is -2.68. The first kappa shape index (κ1) is 18.6. The maximum atomic E-state index is 9.54. The summed E-state index contributed by atoms with van der Waals surface area (Å²) >= 11 is 0. The van der Waals surface area contributed by atoms with E-state index >= 15 is 0 Å².